The van der Waals surface area contributed by atoms with Gasteiger partial charge in [-0.1, -0.05) is 6.07 Å². The predicted molar refractivity (Wildman–Crippen MR) is 78.2 cm³/mol. The summed E-state index contributed by atoms with van der Waals surface area (Å²) in [5.74, 6) is -0.832. The fourth-order valence-corrected chi connectivity index (χ4v) is 2.14. The van der Waals surface area contributed by atoms with E-state index in [1.807, 2.05) is 0 Å². The summed E-state index contributed by atoms with van der Waals surface area (Å²) in [6, 6.07) is 7.32. The quantitative estimate of drug-likeness (QED) is 0.860. The van der Waals surface area contributed by atoms with Crippen LogP contribution in [0, 0.1) is 5.82 Å². The molecule has 0 saturated heterocycles. The van der Waals surface area contributed by atoms with E-state index in [1.165, 1.54) is 25.5 Å². The van der Waals surface area contributed by atoms with Gasteiger partial charge in [0.1, 0.15) is 11.9 Å². The fraction of sp³-hybridized carbons (Fsp3) is 0.312. The average molecular weight is 307 g/mol. The SMILES string of the molecule is COc1cccc(C(=O)NC(C)CC(O)c2ccco2)c1F. The largest absolute Gasteiger partial charge is 0.494 e. The molecule has 1 heterocycles. The number of nitrogens with one attached hydrogen (secondary N) is 1. The molecule has 2 rings (SSSR count). The molecule has 0 aliphatic rings. The number of rotatable bonds is 6. The van der Waals surface area contributed by atoms with Gasteiger partial charge in [0.2, 0.25) is 0 Å². The molecule has 22 heavy (non-hydrogen) atoms. The Morgan fingerprint density at radius 3 is 2.82 bits per heavy atom. The first-order chi connectivity index (χ1) is 10.5. The van der Waals surface area contributed by atoms with Crippen molar-refractivity contribution < 1.29 is 23.4 Å². The van der Waals surface area contributed by atoms with Crippen LogP contribution in [-0.2, 0) is 0 Å². The zero-order valence-corrected chi connectivity index (χ0v) is 12.4. The maximum absolute atomic E-state index is 14.0. The minimum Gasteiger partial charge on any atom is -0.494 e. The molecule has 2 atom stereocenters. The van der Waals surface area contributed by atoms with Crippen LogP contribution < -0.4 is 10.1 Å². The first-order valence-corrected chi connectivity index (χ1v) is 6.87. The number of carbonyl (C=O) groups excluding carboxylic acids is 1. The lowest BCUT2D eigenvalue weighted by Gasteiger charge is -2.17. The third-order valence-corrected chi connectivity index (χ3v) is 3.25. The third-order valence-electron chi connectivity index (χ3n) is 3.25. The molecular formula is C16H18FNO4. The normalized spacial score (nSPS) is 13.5. The van der Waals surface area contributed by atoms with Crippen molar-refractivity contribution >= 4 is 5.91 Å². The zero-order valence-electron chi connectivity index (χ0n) is 12.4. The molecule has 1 aromatic carbocycles. The van der Waals surface area contributed by atoms with Gasteiger partial charge in [-0.3, -0.25) is 4.79 Å². The lowest BCUT2D eigenvalue weighted by Crippen LogP contribution is -2.34. The van der Waals surface area contributed by atoms with Crippen molar-refractivity contribution in [2.75, 3.05) is 7.11 Å². The van der Waals surface area contributed by atoms with Gasteiger partial charge in [0.25, 0.3) is 5.91 Å². The summed E-state index contributed by atoms with van der Waals surface area (Å²) >= 11 is 0. The van der Waals surface area contributed by atoms with Crippen LogP contribution in [-0.4, -0.2) is 24.2 Å². The number of hydrogen-bond acceptors (Lipinski definition) is 4. The summed E-state index contributed by atoms with van der Waals surface area (Å²) in [6.45, 7) is 1.72. The molecule has 2 aromatic rings. The Hall–Kier alpha value is -2.34. The van der Waals surface area contributed by atoms with Gasteiger partial charge in [-0.2, -0.15) is 0 Å². The molecule has 0 radical (unpaired) electrons. The summed E-state index contributed by atoms with van der Waals surface area (Å²) in [4.78, 5) is 12.1. The minimum absolute atomic E-state index is 0.0101. The van der Waals surface area contributed by atoms with Crippen molar-refractivity contribution in [1.82, 2.24) is 5.32 Å². The van der Waals surface area contributed by atoms with Crippen molar-refractivity contribution in [2.45, 2.75) is 25.5 Å². The molecular weight excluding hydrogens is 289 g/mol. The van der Waals surface area contributed by atoms with Crippen LogP contribution in [0.1, 0.15) is 35.6 Å². The molecule has 6 heteroatoms. The van der Waals surface area contributed by atoms with Crippen LogP contribution in [0.3, 0.4) is 0 Å². The first-order valence-electron chi connectivity index (χ1n) is 6.87. The van der Waals surface area contributed by atoms with Crippen LogP contribution in [0.25, 0.3) is 0 Å². The number of benzene rings is 1. The molecule has 118 valence electrons. The van der Waals surface area contributed by atoms with E-state index in [9.17, 15) is 14.3 Å². The lowest BCUT2D eigenvalue weighted by molar-refractivity contribution is 0.0898. The Morgan fingerprint density at radius 2 is 2.18 bits per heavy atom. The number of aliphatic hydroxyl groups is 1. The van der Waals surface area contributed by atoms with Gasteiger partial charge in [-0.25, -0.2) is 4.39 Å². The lowest BCUT2D eigenvalue weighted by atomic mass is 10.1. The molecule has 0 aliphatic heterocycles. The highest BCUT2D eigenvalue weighted by Gasteiger charge is 2.20. The highest BCUT2D eigenvalue weighted by Crippen LogP contribution is 2.21. The third kappa shape index (κ3) is 3.65. The standard InChI is InChI=1S/C16H18FNO4/c1-10(9-12(19)13-7-4-8-22-13)18-16(20)11-5-3-6-14(21-2)15(11)17/h3-8,10,12,19H,9H2,1-2H3,(H,18,20). The summed E-state index contributed by atoms with van der Waals surface area (Å²) < 4.78 is 24.0. The van der Waals surface area contributed by atoms with Crippen molar-refractivity contribution in [3.05, 3.63) is 53.7 Å². The van der Waals surface area contributed by atoms with Gasteiger partial charge in [-0.15, -0.1) is 0 Å². The molecule has 2 N–H and O–H groups in total. The predicted octanol–water partition coefficient (Wildman–Crippen LogP) is 2.67. The molecule has 0 bridgehead atoms. The number of aliphatic hydroxyl groups excluding tert-OH is 1. The van der Waals surface area contributed by atoms with Gasteiger partial charge < -0.3 is 19.6 Å². The maximum Gasteiger partial charge on any atom is 0.254 e. The Bertz CT molecular complexity index is 627. The second kappa shape index (κ2) is 7.09. The fourth-order valence-electron chi connectivity index (χ4n) is 2.14. The Kier molecular flexibility index (Phi) is 5.16. The van der Waals surface area contributed by atoms with E-state index in [0.29, 0.717) is 5.76 Å². The van der Waals surface area contributed by atoms with Gasteiger partial charge >= 0.3 is 0 Å². The van der Waals surface area contributed by atoms with Gasteiger partial charge in [0, 0.05) is 12.5 Å². The molecule has 0 spiro atoms. The van der Waals surface area contributed by atoms with Crippen LogP contribution in [0.4, 0.5) is 4.39 Å². The van der Waals surface area contributed by atoms with E-state index < -0.39 is 17.8 Å². The molecule has 0 fully saturated rings. The van der Waals surface area contributed by atoms with Crippen LogP contribution in [0.5, 0.6) is 5.75 Å². The number of amides is 1. The summed E-state index contributed by atoms with van der Waals surface area (Å²) in [6.07, 6.45) is 0.888. The number of methoxy groups -OCH3 is 1. The Morgan fingerprint density at radius 1 is 1.41 bits per heavy atom. The highest BCUT2D eigenvalue weighted by atomic mass is 19.1. The molecule has 2 unspecified atom stereocenters. The van der Waals surface area contributed by atoms with Crippen molar-refractivity contribution in [1.29, 1.82) is 0 Å². The Labute approximate surface area is 127 Å². The van der Waals surface area contributed by atoms with E-state index in [0.717, 1.165) is 0 Å². The molecule has 0 saturated carbocycles. The smallest absolute Gasteiger partial charge is 0.254 e. The second-order valence-electron chi connectivity index (χ2n) is 4.96. The highest BCUT2D eigenvalue weighted by molar-refractivity contribution is 5.95. The van der Waals surface area contributed by atoms with Gasteiger partial charge in [0.05, 0.1) is 18.9 Å². The van der Waals surface area contributed by atoms with E-state index >= 15 is 0 Å². The van der Waals surface area contributed by atoms with E-state index in [2.05, 4.69) is 5.32 Å². The van der Waals surface area contributed by atoms with E-state index in [1.54, 1.807) is 25.1 Å². The monoisotopic (exact) mass is 307 g/mol. The van der Waals surface area contributed by atoms with Crippen molar-refractivity contribution in [2.24, 2.45) is 0 Å². The summed E-state index contributed by atoms with van der Waals surface area (Å²) in [7, 11) is 1.34. The number of hydrogen-bond donors (Lipinski definition) is 2. The van der Waals surface area contributed by atoms with E-state index in [4.69, 9.17) is 9.15 Å². The number of halogens is 1. The van der Waals surface area contributed by atoms with Gasteiger partial charge in [-0.05, 0) is 31.2 Å². The molecule has 1 amide bonds. The minimum atomic E-state index is -0.833. The van der Waals surface area contributed by atoms with Crippen LogP contribution in [0.15, 0.2) is 41.0 Å². The number of furan rings is 1. The Balaban J connectivity index is 1.99. The number of ether oxygens (including phenoxy) is 1. The molecule has 5 nitrogen and oxygen atoms in total. The van der Waals surface area contributed by atoms with Crippen LogP contribution >= 0.6 is 0 Å². The van der Waals surface area contributed by atoms with Crippen molar-refractivity contribution in [3.63, 3.8) is 0 Å². The average Bonchev–Trinajstić information content (AvgIpc) is 3.01. The van der Waals surface area contributed by atoms with E-state index in [-0.39, 0.29) is 23.8 Å². The van der Waals surface area contributed by atoms with Gasteiger partial charge in [0.15, 0.2) is 11.6 Å². The maximum atomic E-state index is 14.0. The van der Waals surface area contributed by atoms with Crippen LogP contribution in [0.2, 0.25) is 0 Å². The first kappa shape index (κ1) is 16.0. The molecule has 1 aromatic heterocycles. The summed E-state index contributed by atoms with van der Waals surface area (Å²) in [5.41, 5.74) is -0.0984. The number of carbonyl (C=O) groups is 1. The second-order valence-corrected chi connectivity index (χ2v) is 4.96. The van der Waals surface area contributed by atoms with Crippen molar-refractivity contribution in [3.8, 4) is 5.75 Å². The topological polar surface area (TPSA) is 71.7 Å². The molecule has 0 aliphatic carbocycles. The zero-order chi connectivity index (χ0) is 16.1. The summed E-state index contributed by atoms with van der Waals surface area (Å²) in [5, 5.41) is 12.6.